The second-order valence-corrected chi connectivity index (χ2v) is 0.962. The van der Waals surface area contributed by atoms with E-state index in [1.165, 1.54) is 0 Å². The summed E-state index contributed by atoms with van der Waals surface area (Å²) in [6, 6.07) is 0. The predicted molar refractivity (Wildman–Crippen MR) is 39.4 cm³/mol. The number of halogens is 1. The number of rotatable bonds is 0. The van der Waals surface area contributed by atoms with Gasteiger partial charge in [-0.3, -0.25) is 0 Å². The minimum absolute atomic E-state index is 1.84. The quantitative estimate of drug-likeness (QED) is 0.366. The Morgan fingerprint density at radius 3 is 1.11 bits per heavy atom. The van der Waals surface area contributed by atoms with Crippen molar-refractivity contribution in [3.05, 3.63) is 38.8 Å². The molecule has 1 aliphatic carbocycles. The van der Waals surface area contributed by atoms with Gasteiger partial charge in [0.1, 0.15) is 0 Å². The van der Waals surface area contributed by atoms with Gasteiger partial charge in [-0.05, 0) is 32.1 Å². The molecule has 1 rings (SSSR count). The first-order chi connectivity index (χ1) is 4.50. The molecule has 1 fully saturated rings. The summed E-state index contributed by atoms with van der Waals surface area (Å²) in [4.78, 5) is 0. The van der Waals surface area contributed by atoms with E-state index in [1.54, 1.807) is 0 Å². The van der Waals surface area contributed by atoms with Crippen molar-refractivity contribution in [3.63, 3.8) is 0 Å². The molecule has 0 amide bonds. The van der Waals surface area contributed by atoms with E-state index in [1.807, 2.05) is 52.5 Å². The van der Waals surface area contributed by atoms with Gasteiger partial charge in [-0.15, -0.1) is 0 Å². The number of hydrogen-bond donors (Lipinski definition) is 0. The van der Waals surface area contributed by atoms with Gasteiger partial charge in [-0.1, -0.05) is 0 Å². The van der Waals surface area contributed by atoms with Gasteiger partial charge < -0.3 is 0 Å². The van der Waals surface area contributed by atoms with Crippen molar-refractivity contribution in [2.24, 2.45) is 0 Å². The Labute approximate surface area is 76.1 Å². The topological polar surface area (TPSA) is 19.9 Å². The molecule has 0 aromatic rings. The molecule has 1 saturated carbocycles. The summed E-state index contributed by atoms with van der Waals surface area (Å²) in [6.07, 6.45) is 10.0. The summed E-state index contributed by atoms with van der Waals surface area (Å²) in [5.74, 6) is 0. The second kappa shape index (κ2) is 16.0. The zero-order chi connectivity index (χ0) is 7.54. The molecular weight excluding hydrogens is 274 g/mol. The molecule has 1 aliphatic rings. The van der Waals surface area contributed by atoms with Gasteiger partial charge in [0.2, 0.25) is 0 Å². The van der Waals surface area contributed by atoms with Crippen LogP contribution >= 0.6 is 20.4 Å². The fraction of sp³-hybridized carbons (Fsp3) is 0. The molecule has 0 N–H and O–H groups in total. The minimum atomic E-state index is 1.84. The van der Waals surface area contributed by atoms with E-state index >= 15 is 0 Å². The van der Waals surface area contributed by atoms with Crippen LogP contribution in [0.1, 0.15) is 0 Å². The van der Waals surface area contributed by atoms with Crippen LogP contribution in [0.4, 0.5) is 0 Å². The molecular formula is C6H5CoIO+. The van der Waals surface area contributed by atoms with Gasteiger partial charge in [0, 0.05) is 0 Å². The summed E-state index contributed by atoms with van der Waals surface area (Å²) in [6.45, 7) is 4.50. The Balaban J connectivity index is 0. The predicted octanol–water partition coefficient (Wildman–Crippen LogP) is 1.87. The molecule has 0 saturated heterocycles. The summed E-state index contributed by atoms with van der Waals surface area (Å²) < 4.78 is 7.50. The Morgan fingerprint density at radius 2 is 1.00 bits per heavy atom. The van der Waals surface area contributed by atoms with Crippen LogP contribution in [0.25, 0.3) is 0 Å². The van der Waals surface area contributed by atoms with Gasteiger partial charge in [0.05, 0.1) is 0 Å². The third-order valence-corrected chi connectivity index (χ3v) is 0.556. The van der Waals surface area contributed by atoms with E-state index in [0.29, 0.717) is 0 Å². The van der Waals surface area contributed by atoms with E-state index in [0.717, 1.165) is 0 Å². The molecule has 50 valence electrons. The van der Waals surface area contributed by atoms with Crippen molar-refractivity contribution < 1.29 is 17.2 Å². The Kier molecular flexibility index (Phi) is 22.4. The summed E-state index contributed by atoms with van der Waals surface area (Å²) in [7, 11) is 0. The Bertz CT molecular complexity index is 44.7. The maximum atomic E-state index is 7.50. The molecule has 5 radical (unpaired) electrons. The van der Waals surface area contributed by atoms with Crippen molar-refractivity contribution >= 4 is 20.4 Å². The molecule has 9 heavy (non-hydrogen) atoms. The summed E-state index contributed by atoms with van der Waals surface area (Å²) in [5, 5.41) is 0. The second-order valence-electron chi connectivity index (χ2n) is 0.962. The first kappa shape index (κ1) is 12.6. The third-order valence-electron chi connectivity index (χ3n) is 0.556. The van der Waals surface area contributed by atoms with Gasteiger partial charge in [-0.2, -0.15) is 0 Å². The molecule has 0 aromatic heterocycles. The fourth-order valence-electron chi connectivity index (χ4n) is 0.321. The van der Waals surface area contributed by atoms with E-state index in [-0.39, 0.29) is 0 Å². The normalized spacial score (nSPS) is 14.2. The van der Waals surface area contributed by atoms with Crippen LogP contribution in [-0.4, -0.2) is 0 Å². The van der Waals surface area contributed by atoms with Crippen LogP contribution in [0.15, 0.2) is 0 Å². The molecule has 3 heteroatoms. The number of hydrogen-bond acceptors (Lipinski definition) is 0. The molecule has 1 nitrogen and oxygen atoms in total. The molecule has 0 aromatic carbocycles. The Morgan fingerprint density at radius 1 is 0.889 bits per heavy atom. The fourth-order valence-corrected chi connectivity index (χ4v) is 0.321. The van der Waals surface area contributed by atoms with Gasteiger partial charge >= 0.3 is 44.2 Å². The standard InChI is InChI=1S/C5H5.CO.Co.HI/c1-2-4-5-3-1;1-2;;/h1-5H;;;1H/q;;+2;/p-1. The maximum absolute atomic E-state index is 7.50. The van der Waals surface area contributed by atoms with Crippen molar-refractivity contribution in [2.45, 2.75) is 0 Å². The first-order valence-electron chi connectivity index (χ1n) is 2.00. The summed E-state index contributed by atoms with van der Waals surface area (Å²) in [5.41, 5.74) is 0. The molecule has 0 bridgehead atoms. The van der Waals surface area contributed by atoms with Gasteiger partial charge in [0.15, 0.2) is 0 Å². The van der Waals surface area contributed by atoms with E-state index in [2.05, 4.69) is 19.2 Å². The Hall–Kier alpha value is 0.976. The molecule has 0 atom stereocenters. The molecule has 0 unspecified atom stereocenters. The SMILES string of the molecule is [C-]#[O+].[CH]1[CH][CH][CH][CH]1.[Co+][I]. The van der Waals surface area contributed by atoms with Crippen molar-refractivity contribution in [1.82, 2.24) is 0 Å². The third kappa shape index (κ3) is 12.2. The van der Waals surface area contributed by atoms with Crippen molar-refractivity contribution in [1.29, 1.82) is 0 Å². The molecule has 0 heterocycles. The van der Waals surface area contributed by atoms with E-state index < -0.39 is 0 Å². The van der Waals surface area contributed by atoms with Crippen LogP contribution in [0.3, 0.4) is 0 Å². The van der Waals surface area contributed by atoms with E-state index in [4.69, 9.17) is 4.65 Å². The van der Waals surface area contributed by atoms with Gasteiger partial charge in [0.25, 0.3) is 0 Å². The van der Waals surface area contributed by atoms with Crippen LogP contribution in [0, 0.1) is 38.8 Å². The van der Waals surface area contributed by atoms with Gasteiger partial charge in [-0.25, -0.2) is 0 Å². The van der Waals surface area contributed by atoms with Crippen LogP contribution in [-0.2, 0) is 17.2 Å². The van der Waals surface area contributed by atoms with Crippen LogP contribution in [0.5, 0.6) is 0 Å². The summed E-state index contributed by atoms with van der Waals surface area (Å²) >= 11 is 5.37. The zero-order valence-corrected chi connectivity index (χ0v) is 7.70. The van der Waals surface area contributed by atoms with E-state index in [9.17, 15) is 0 Å². The van der Waals surface area contributed by atoms with Crippen LogP contribution in [0.2, 0.25) is 0 Å². The first-order valence-corrected chi connectivity index (χ1v) is 5.36. The van der Waals surface area contributed by atoms with Crippen molar-refractivity contribution in [3.8, 4) is 0 Å². The van der Waals surface area contributed by atoms with Crippen molar-refractivity contribution in [2.75, 3.05) is 0 Å². The monoisotopic (exact) mass is 279 g/mol. The average molecular weight is 279 g/mol. The molecule has 0 aliphatic heterocycles. The molecule has 0 spiro atoms. The zero-order valence-electron chi connectivity index (χ0n) is 4.51. The van der Waals surface area contributed by atoms with Crippen LogP contribution < -0.4 is 0 Å². The average Bonchev–Trinajstić information content (AvgIpc) is 2.51.